The average molecular weight is 289 g/mol. The second kappa shape index (κ2) is 5.58. The molecular weight excluding hydrogens is 277 g/mol. The van der Waals surface area contributed by atoms with Crippen LogP contribution in [0.4, 0.5) is 21.5 Å². The maximum absolute atomic E-state index is 13.7. The zero-order valence-corrected chi connectivity index (χ0v) is 11.1. The number of hydrogen-bond acceptors (Lipinski definition) is 4. The zero-order valence-electron chi connectivity index (χ0n) is 11.1. The number of benzene rings is 2. The van der Waals surface area contributed by atoms with E-state index in [1.54, 1.807) is 13.0 Å². The lowest BCUT2D eigenvalue weighted by Crippen LogP contribution is -2.15. The van der Waals surface area contributed by atoms with Crippen LogP contribution >= 0.6 is 0 Å². The van der Waals surface area contributed by atoms with Gasteiger partial charge in [-0.05, 0) is 36.8 Å². The fourth-order valence-corrected chi connectivity index (χ4v) is 1.81. The summed E-state index contributed by atoms with van der Waals surface area (Å²) < 4.78 is 13.7. The summed E-state index contributed by atoms with van der Waals surface area (Å²) in [6.07, 6.45) is 0. The Bertz CT molecular complexity index is 731. The highest BCUT2D eigenvalue weighted by molar-refractivity contribution is 6.05. The van der Waals surface area contributed by atoms with Crippen molar-refractivity contribution in [3.63, 3.8) is 0 Å². The van der Waals surface area contributed by atoms with Crippen LogP contribution in [0.25, 0.3) is 0 Å². The molecule has 7 heteroatoms. The molecule has 6 nitrogen and oxygen atoms in total. The summed E-state index contributed by atoms with van der Waals surface area (Å²) in [5, 5.41) is 13.3. The van der Waals surface area contributed by atoms with Crippen LogP contribution in [-0.2, 0) is 0 Å². The Hall–Kier alpha value is -2.96. The molecule has 0 unspecified atom stereocenters. The number of carbonyl (C=O) groups is 1. The number of halogens is 1. The molecule has 0 saturated carbocycles. The molecule has 0 saturated heterocycles. The standard InChI is InChI=1S/C14H12FN3O3/c1-8-2-5-13(18(20)21)12(6-8)17-14(19)10-4-3-9(16)7-11(10)15/h2-7H,16H2,1H3,(H,17,19). The summed E-state index contributed by atoms with van der Waals surface area (Å²) in [6, 6.07) is 7.90. The number of hydrogen-bond donors (Lipinski definition) is 2. The van der Waals surface area contributed by atoms with E-state index in [4.69, 9.17) is 5.73 Å². The van der Waals surface area contributed by atoms with Crippen molar-refractivity contribution >= 4 is 23.0 Å². The highest BCUT2D eigenvalue weighted by Crippen LogP contribution is 2.26. The van der Waals surface area contributed by atoms with Gasteiger partial charge in [0.15, 0.2) is 0 Å². The molecule has 108 valence electrons. The fraction of sp³-hybridized carbons (Fsp3) is 0.0714. The second-order valence-corrected chi connectivity index (χ2v) is 4.47. The summed E-state index contributed by atoms with van der Waals surface area (Å²) in [6.45, 7) is 1.73. The van der Waals surface area contributed by atoms with Crippen LogP contribution in [0.3, 0.4) is 0 Å². The van der Waals surface area contributed by atoms with E-state index in [1.165, 1.54) is 24.3 Å². The Kier molecular flexibility index (Phi) is 3.84. The van der Waals surface area contributed by atoms with Gasteiger partial charge in [0, 0.05) is 11.8 Å². The van der Waals surface area contributed by atoms with Crippen molar-refractivity contribution < 1.29 is 14.1 Å². The predicted molar refractivity (Wildman–Crippen MR) is 76.6 cm³/mol. The minimum absolute atomic E-state index is 0.0150. The molecule has 2 rings (SSSR count). The normalized spacial score (nSPS) is 10.2. The number of nitrogens with one attached hydrogen (secondary N) is 1. The van der Waals surface area contributed by atoms with E-state index >= 15 is 0 Å². The summed E-state index contributed by atoms with van der Waals surface area (Å²) in [7, 11) is 0. The molecule has 0 atom stereocenters. The summed E-state index contributed by atoms with van der Waals surface area (Å²) >= 11 is 0. The number of aryl methyl sites for hydroxylation is 1. The maximum Gasteiger partial charge on any atom is 0.292 e. The van der Waals surface area contributed by atoms with Crippen molar-refractivity contribution in [2.24, 2.45) is 0 Å². The van der Waals surface area contributed by atoms with Gasteiger partial charge in [-0.3, -0.25) is 14.9 Å². The average Bonchev–Trinajstić information content (AvgIpc) is 2.37. The lowest BCUT2D eigenvalue weighted by atomic mass is 10.1. The molecule has 0 fully saturated rings. The highest BCUT2D eigenvalue weighted by atomic mass is 19.1. The minimum atomic E-state index is -0.789. The molecule has 0 aliphatic heterocycles. The quantitative estimate of drug-likeness (QED) is 0.515. The van der Waals surface area contributed by atoms with Gasteiger partial charge < -0.3 is 11.1 Å². The van der Waals surface area contributed by atoms with Crippen molar-refractivity contribution in [3.05, 3.63) is 63.5 Å². The van der Waals surface area contributed by atoms with Gasteiger partial charge in [0.1, 0.15) is 11.5 Å². The molecule has 0 bridgehead atoms. The highest BCUT2D eigenvalue weighted by Gasteiger charge is 2.18. The van der Waals surface area contributed by atoms with Crippen LogP contribution < -0.4 is 11.1 Å². The first-order chi connectivity index (χ1) is 9.88. The molecule has 0 aliphatic rings. The Morgan fingerprint density at radius 1 is 1.29 bits per heavy atom. The molecule has 0 aromatic heterocycles. The van der Waals surface area contributed by atoms with E-state index in [0.717, 1.165) is 11.6 Å². The van der Waals surface area contributed by atoms with Crippen molar-refractivity contribution in [1.82, 2.24) is 0 Å². The van der Waals surface area contributed by atoms with Gasteiger partial charge in [0.05, 0.1) is 10.5 Å². The van der Waals surface area contributed by atoms with Crippen molar-refractivity contribution in [1.29, 1.82) is 0 Å². The third-order valence-electron chi connectivity index (χ3n) is 2.83. The second-order valence-electron chi connectivity index (χ2n) is 4.47. The number of anilines is 2. The van der Waals surface area contributed by atoms with Gasteiger partial charge in [-0.1, -0.05) is 6.07 Å². The molecule has 0 spiro atoms. The number of rotatable bonds is 3. The third kappa shape index (κ3) is 3.14. The minimum Gasteiger partial charge on any atom is -0.399 e. The molecule has 21 heavy (non-hydrogen) atoms. The molecule has 0 heterocycles. The first kappa shape index (κ1) is 14.4. The number of nitro groups is 1. The SMILES string of the molecule is Cc1ccc([N+](=O)[O-])c(NC(=O)c2ccc(N)cc2F)c1. The van der Waals surface area contributed by atoms with Gasteiger partial charge in [0.2, 0.25) is 0 Å². The number of nitrogens with zero attached hydrogens (tertiary/aromatic N) is 1. The van der Waals surface area contributed by atoms with Crippen LogP contribution in [0.1, 0.15) is 15.9 Å². The summed E-state index contributed by atoms with van der Waals surface area (Å²) in [4.78, 5) is 22.3. The smallest absolute Gasteiger partial charge is 0.292 e. The number of carbonyl (C=O) groups excluding carboxylic acids is 1. The maximum atomic E-state index is 13.7. The van der Waals surface area contributed by atoms with Crippen LogP contribution in [0.2, 0.25) is 0 Å². The van der Waals surface area contributed by atoms with Crippen molar-refractivity contribution in [3.8, 4) is 0 Å². The summed E-state index contributed by atoms with van der Waals surface area (Å²) in [5.74, 6) is -1.57. The van der Waals surface area contributed by atoms with Gasteiger partial charge in [-0.15, -0.1) is 0 Å². The van der Waals surface area contributed by atoms with E-state index in [2.05, 4.69) is 5.32 Å². The van der Waals surface area contributed by atoms with E-state index in [-0.39, 0.29) is 22.6 Å². The van der Waals surface area contributed by atoms with Gasteiger partial charge >= 0.3 is 0 Å². The first-order valence-corrected chi connectivity index (χ1v) is 6.00. The Labute approximate surface area is 119 Å². The molecule has 2 aromatic rings. The summed E-state index contributed by atoms with van der Waals surface area (Å²) in [5.41, 5.74) is 5.84. The molecule has 0 aliphatic carbocycles. The Morgan fingerprint density at radius 2 is 2.00 bits per heavy atom. The topological polar surface area (TPSA) is 98.3 Å². The van der Waals surface area contributed by atoms with E-state index in [0.29, 0.717) is 0 Å². The van der Waals surface area contributed by atoms with Crippen molar-refractivity contribution in [2.75, 3.05) is 11.1 Å². The molecule has 0 radical (unpaired) electrons. The number of nitrogens with two attached hydrogens (primary N) is 1. The van der Waals surface area contributed by atoms with E-state index < -0.39 is 16.6 Å². The fourth-order valence-electron chi connectivity index (χ4n) is 1.81. The van der Waals surface area contributed by atoms with Crippen molar-refractivity contribution in [2.45, 2.75) is 6.92 Å². The number of nitro benzene ring substituents is 1. The van der Waals surface area contributed by atoms with Crippen LogP contribution in [-0.4, -0.2) is 10.8 Å². The third-order valence-corrected chi connectivity index (χ3v) is 2.83. The molecular formula is C14H12FN3O3. The van der Waals surface area contributed by atoms with Gasteiger partial charge in [-0.25, -0.2) is 4.39 Å². The Morgan fingerprint density at radius 3 is 2.62 bits per heavy atom. The lowest BCUT2D eigenvalue weighted by molar-refractivity contribution is -0.383. The number of amides is 1. The monoisotopic (exact) mass is 289 g/mol. The Balaban J connectivity index is 2.35. The molecule has 3 N–H and O–H groups in total. The van der Waals surface area contributed by atoms with Gasteiger partial charge in [-0.2, -0.15) is 0 Å². The molecule has 2 aromatic carbocycles. The lowest BCUT2D eigenvalue weighted by Gasteiger charge is -2.08. The first-order valence-electron chi connectivity index (χ1n) is 6.00. The van der Waals surface area contributed by atoms with Gasteiger partial charge in [0.25, 0.3) is 11.6 Å². The van der Waals surface area contributed by atoms with E-state index in [9.17, 15) is 19.3 Å². The van der Waals surface area contributed by atoms with E-state index in [1.807, 2.05) is 0 Å². The van der Waals surface area contributed by atoms with Crippen LogP contribution in [0.5, 0.6) is 0 Å². The largest absolute Gasteiger partial charge is 0.399 e. The predicted octanol–water partition coefficient (Wildman–Crippen LogP) is 2.88. The number of nitrogen functional groups attached to an aromatic ring is 1. The molecule has 1 amide bonds. The van der Waals surface area contributed by atoms with Crippen LogP contribution in [0, 0.1) is 22.9 Å². The van der Waals surface area contributed by atoms with Crippen LogP contribution in [0.15, 0.2) is 36.4 Å². The zero-order chi connectivity index (χ0) is 15.6.